The lowest BCUT2D eigenvalue weighted by Gasteiger charge is -2.34. The number of rotatable bonds is 10. The Morgan fingerprint density at radius 3 is 2.05 bits per heavy atom. The predicted octanol–water partition coefficient (Wildman–Crippen LogP) is 10.5. The first-order valence-electron chi connectivity index (χ1n) is 14.6. The van der Waals surface area contributed by atoms with E-state index in [0.717, 1.165) is 19.3 Å². The van der Waals surface area contributed by atoms with Crippen LogP contribution in [-0.2, 0) is 10.8 Å². The number of hydrogen-bond acceptors (Lipinski definition) is 0. The van der Waals surface area contributed by atoms with Gasteiger partial charge in [-0.1, -0.05) is 93.8 Å². The minimum absolute atomic E-state index is 0.0201. The quantitative estimate of drug-likeness (QED) is 0.200. The van der Waals surface area contributed by atoms with Gasteiger partial charge in [0.2, 0.25) is 0 Å². The van der Waals surface area contributed by atoms with E-state index in [1.165, 1.54) is 68.1 Å². The summed E-state index contributed by atoms with van der Waals surface area (Å²) in [5, 5.41) is 2.56. The number of alkyl halides is 2. The Morgan fingerprint density at radius 2 is 1.26 bits per heavy atom. The zero-order valence-corrected chi connectivity index (χ0v) is 22.8. The summed E-state index contributed by atoms with van der Waals surface area (Å²) < 4.78 is 27.9. The molecule has 0 saturated heterocycles. The van der Waals surface area contributed by atoms with Gasteiger partial charge in [-0.2, -0.15) is 0 Å². The fraction of sp³-hybridized carbons (Fsp3) is 0.389. The predicted molar refractivity (Wildman–Crippen MR) is 157 cm³/mol. The molecule has 0 aliphatic heterocycles. The maximum absolute atomic E-state index is 14.3. The van der Waals surface area contributed by atoms with Crippen molar-refractivity contribution in [2.45, 2.75) is 76.0 Å². The average molecular weight is 509 g/mol. The molecule has 0 amide bonds. The second kappa shape index (κ2) is 9.95. The molecule has 0 N–H and O–H groups in total. The number of unbranched alkanes of at least 4 members (excludes halogenated alkanes) is 1. The maximum atomic E-state index is 14.3. The summed E-state index contributed by atoms with van der Waals surface area (Å²) in [7, 11) is 0. The Kier molecular flexibility index (Phi) is 6.62. The Bertz CT molecular complexity index is 1480. The van der Waals surface area contributed by atoms with Gasteiger partial charge in [-0.3, -0.25) is 8.78 Å². The highest BCUT2D eigenvalue weighted by molar-refractivity contribution is 6.03. The Hall–Kier alpha value is -3.00. The highest BCUT2D eigenvalue weighted by Crippen LogP contribution is 2.61. The smallest absolute Gasteiger partial charge is 0.0906 e. The molecule has 2 aliphatic rings. The van der Waals surface area contributed by atoms with Crippen molar-refractivity contribution in [3.05, 3.63) is 95.1 Å². The van der Waals surface area contributed by atoms with Gasteiger partial charge < -0.3 is 0 Å². The summed E-state index contributed by atoms with van der Waals surface area (Å²) in [6, 6.07) is 26.8. The molecule has 2 aliphatic carbocycles. The van der Waals surface area contributed by atoms with Gasteiger partial charge in [-0.15, -0.1) is 0 Å². The number of hydrogen-bond donors (Lipinski definition) is 0. The molecule has 2 atom stereocenters. The fourth-order valence-electron chi connectivity index (χ4n) is 7.97. The Morgan fingerprint density at radius 1 is 0.553 bits per heavy atom. The zero-order chi connectivity index (χ0) is 26.3. The molecule has 0 fully saturated rings. The molecular weight excluding hydrogens is 470 g/mol. The molecule has 0 bridgehead atoms. The van der Waals surface area contributed by atoms with E-state index >= 15 is 0 Å². The van der Waals surface area contributed by atoms with E-state index in [2.05, 4.69) is 86.6 Å². The first kappa shape index (κ1) is 25.3. The normalized spacial score (nSPS) is 20.8. The van der Waals surface area contributed by atoms with Gasteiger partial charge >= 0.3 is 0 Å². The minimum Gasteiger partial charge on any atom is -0.251 e. The molecule has 2 heteroatoms. The lowest BCUT2D eigenvalue weighted by Crippen LogP contribution is -2.27. The van der Waals surface area contributed by atoms with Crippen molar-refractivity contribution in [2.24, 2.45) is 0 Å². The third-order valence-corrected chi connectivity index (χ3v) is 9.53. The van der Waals surface area contributed by atoms with Crippen LogP contribution in [0.15, 0.2) is 72.8 Å². The molecule has 0 nitrogen and oxygen atoms in total. The lowest BCUT2D eigenvalue weighted by molar-refractivity contribution is 0.340. The van der Waals surface area contributed by atoms with Crippen molar-refractivity contribution >= 4 is 10.8 Å². The number of fused-ring (bicyclic) bond motifs is 8. The lowest BCUT2D eigenvalue weighted by atomic mass is 9.69. The summed E-state index contributed by atoms with van der Waals surface area (Å²) in [6.07, 6.45) is 7.19. The minimum atomic E-state index is -0.480. The molecule has 4 aromatic rings. The van der Waals surface area contributed by atoms with Crippen LogP contribution in [-0.4, -0.2) is 13.3 Å². The molecule has 6 rings (SSSR count). The standard InChI is InChI=1S/C36H38F2/c1-3-5-18-35(17-4-2)31-16-15-25-11-6-7-12-26(25)34(31)29-24-32-28(23-33(29)35)27-13-8-9-14-30(27)36(32,20-22-38)19-10-21-37/h6-9,11-16,23-24H,3-5,10,17-22H2,1-2H3. The molecule has 2 unspecified atom stereocenters. The van der Waals surface area contributed by atoms with E-state index < -0.39 is 12.1 Å². The second-order valence-corrected chi connectivity index (χ2v) is 11.4. The van der Waals surface area contributed by atoms with E-state index in [9.17, 15) is 8.78 Å². The van der Waals surface area contributed by atoms with Crippen LogP contribution in [0.1, 0.15) is 87.5 Å². The summed E-state index contributed by atoms with van der Waals surface area (Å²) in [5.74, 6) is 0. The van der Waals surface area contributed by atoms with Gasteiger partial charge in [0.05, 0.1) is 13.3 Å². The first-order valence-corrected chi connectivity index (χ1v) is 14.6. The van der Waals surface area contributed by atoms with E-state index in [-0.39, 0.29) is 12.1 Å². The van der Waals surface area contributed by atoms with Crippen molar-refractivity contribution in [3.63, 3.8) is 0 Å². The van der Waals surface area contributed by atoms with E-state index in [1.807, 2.05) is 0 Å². The Labute approximate surface area is 226 Å². The summed E-state index contributed by atoms with van der Waals surface area (Å²) >= 11 is 0. The molecule has 196 valence electrons. The maximum Gasteiger partial charge on any atom is 0.0906 e. The van der Waals surface area contributed by atoms with Crippen molar-refractivity contribution < 1.29 is 8.78 Å². The molecule has 4 aromatic carbocycles. The monoisotopic (exact) mass is 508 g/mol. The van der Waals surface area contributed by atoms with Crippen LogP contribution < -0.4 is 0 Å². The third-order valence-electron chi connectivity index (χ3n) is 9.53. The van der Waals surface area contributed by atoms with Gasteiger partial charge in [0, 0.05) is 10.8 Å². The highest BCUT2D eigenvalue weighted by atomic mass is 19.1. The summed E-state index contributed by atoms with van der Waals surface area (Å²) in [5.41, 5.74) is 9.90. The molecule has 0 spiro atoms. The summed E-state index contributed by atoms with van der Waals surface area (Å²) in [4.78, 5) is 0. The van der Waals surface area contributed by atoms with Crippen molar-refractivity contribution in [1.29, 1.82) is 0 Å². The van der Waals surface area contributed by atoms with E-state index in [1.54, 1.807) is 0 Å². The van der Waals surface area contributed by atoms with Gasteiger partial charge in [-0.25, -0.2) is 0 Å². The zero-order valence-electron chi connectivity index (χ0n) is 22.8. The molecular formula is C36H38F2. The molecule has 0 aromatic heterocycles. The van der Waals surface area contributed by atoms with Crippen LogP contribution in [0.4, 0.5) is 8.78 Å². The summed E-state index contributed by atoms with van der Waals surface area (Å²) in [6.45, 7) is 3.80. The number of benzene rings is 4. The molecule has 0 heterocycles. The van der Waals surface area contributed by atoms with Crippen molar-refractivity contribution in [1.82, 2.24) is 0 Å². The molecule has 0 radical (unpaired) electrons. The average Bonchev–Trinajstić information content (AvgIpc) is 3.38. The number of halogens is 2. The van der Waals surface area contributed by atoms with Crippen molar-refractivity contribution in [3.8, 4) is 22.3 Å². The van der Waals surface area contributed by atoms with Crippen LogP contribution in [0.2, 0.25) is 0 Å². The molecule has 38 heavy (non-hydrogen) atoms. The van der Waals surface area contributed by atoms with Gasteiger partial charge in [0.1, 0.15) is 0 Å². The van der Waals surface area contributed by atoms with Crippen LogP contribution >= 0.6 is 0 Å². The second-order valence-electron chi connectivity index (χ2n) is 11.4. The van der Waals surface area contributed by atoms with Gasteiger partial charge in [-0.05, 0) is 99.5 Å². The van der Waals surface area contributed by atoms with Gasteiger partial charge in [0.15, 0.2) is 0 Å². The molecule has 0 saturated carbocycles. The SMILES string of the molecule is CCCCC1(CCC)c2cc3c(cc2-c2c1ccc1ccccc21)C(CCF)(CCCF)c1ccccc1-3. The largest absolute Gasteiger partial charge is 0.251 e. The van der Waals surface area contributed by atoms with Gasteiger partial charge in [0.25, 0.3) is 0 Å². The van der Waals surface area contributed by atoms with Crippen LogP contribution in [0.5, 0.6) is 0 Å². The van der Waals surface area contributed by atoms with Crippen LogP contribution in [0.3, 0.4) is 0 Å². The third kappa shape index (κ3) is 3.52. The van der Waals surface area contributed by atoms with E-state index in [0.29, 0.717) is 19.3 Å². The fourth-order valence-corrected chi connectivity index (χ4v) is 7.97. The van der Waals surface area contributed by atoms with Crippen LogP contribution in [0, 0.1) is 0 Å². The first-order chi connectivity index (χ1) is 18.6. The van der Waals surface area contributed by atoms with Crippen molar-refractivity contribution in [2.75, 3.05) is 13.3 Å². The Balaban J connectivity index is 1.70. The highest BCUT2D eigenvalue weighted by Gasteiger charge is 2.47. The van der Waals surface area contributed by atoms with E-state index in [4.69, 9.17) is 0 Å². The van der Waals surface area contributed by atoms with Crippen LogP contribution in [0.25, 0.3) is 33.0 Å². The topological polar surface area (TPSA) is 0 Å².